The van der Waals surface area contributed by atoms with Gasteiger partial charge in [0.15, 0.2) is 11.6 Å². The van der Waals surface area contributed by atoms with Crippen LogP contribution in [0.25, 0.3) is 10.9 Å². The number of rotatable bonds is 2. The standard InChI is InChI=1S/C18H20FN3O4/c1-10-9-26-17-14(19)13(21-5-3-20(2)4-6-21)7-11-15(17)22(10)8-12(16(11)23)18(24)25/h7-8,10H,3-6,9H2,1-2H3,(H,24,25). The first-order chi connectivity index (χ1) is 12.4. The van der Waals surface area contributed by atoms with Crippen LogP contribution in [0.15, 0.2) is 17.1 Å². The van der Waals surface area contributed by atoms with Crippen LogP contribution in [-0.2, 0) is 0 Å². The van der Waals surface area contributed by atoms with E-state index in [0.29, 0.717) is 24.3 Å². The summed E-state index contributed by atoms with van der Waals surface area (Å²) >= 11 is 0. The van der Waals surface area contributed by atoms with Gasteiger partial charge in [-0.05, 0) is 20.0 Å². The van der Waals surface area contributed by atoms with E-state index < -0.39 is 17.2 Å². The third kappa shape index (κ3) is 2.44. The number of aromatic carboxylic acids is 1. The Labute approximate surface area is 149 Å². The third-order valence-electron chi connectivity index (χ3n) is 5.21. The summed E-state index contributed by atoms with van der Waals surface area (Å²) in [5.74, 6) is -1.75. The second-order valence-electron chi connectivity index (χ2n) is 6.97. The highest BCUT2D eigenvalue weighted by atomic mass is 19.1. The average molecular weight is 361 g/mol. The Morgan fingerprint density at radius 3 is 2.65 bits per heavy atom. The summed E-state index contributed by atoms with van der Waals surface area (Å²) in [4.78, 5) is 28.2. The SMILES string of the molecule is CC1COc2c(F)c(N3CCN(C)CC3)cc3c(=O)c(C(=O)O)cn1c23. The molecule has 26 heavy (non-hydrogen) atoms. The molecule has 1 aromatic carbocycles. The van der Waals surface area contributed by atoms with E-state index in [1.54, 1.807) is 4.57 Å². The van der Waals surface area contributed by atoms with Gasteiger partial charge in [0.1, 0.15) is 12.2 Å². The molecule has 0 radical (unpaired) electrons. The fraction of sp³-hybridized carbons (Fsp3) is 0.444. The first-order valence-electron chi connectivity index (χ1n) is 8.59. The van der Waals surface area contributed by atoms with E-state index in [0.717, 1.165) is 13.1 Å². The molecule has 0 aliphatic carbocycles. The monoisotopic (exact) mass is 361 g/mol. The van der Waals surface area contributed by atoms with Crippen molar-refractivity contribution in [2.75, 3.05) is 44.7 Å². The van der Waals surface area contributed by atoms with Crippen molar-refractivity contribution in [3.63, 3.8) is 0 Å². The maximum atomic E-state index is 15.2. The van der Waals surface area contributed by atoms with Crippen molar-refractivity contribution in [1.29, 1.82) is 0 Å². The molecule has 1 unspecified atom stereocenters. The number of pyridine rings is 1. The Bertz CT molecular complexity index is 963. The number of benzene rings is 1. The molecule has 0 amide bonds. The highest BCUT2D eigenvalue weighted by Gasteiger charge is 2.30. The van der Waals surface area contributed by atoms with E-state index in [1.165, 1.54) is 12.3 Å². The van der Waals surface area contributed by atoms with Gasteiger partial charge in [-0.2, -0.15) is 0 Å². The number of likely N-dealkylation sites (N-methyl/N-ethyl adjacent to an activating group) is 1. The molecule has 1 saturated heterocycles. The molecule has 8 heteroatoms. The van der Waals surface area contributed by atoms with Crippen LogP contribution in [0.5, 0.6) is 5.75 Å². The molecule has 138 valence electrons. The zero-order chi connectivity index (χ0) is 18.6. The van der Waals surface area contributed by atoms with Gasteiger partial charge < -0.3 is 24.2 Å². The van der Waals surface area contributed by atoms with Crippen molar-refractivity contribution in [2.24, 2.45) is 0 Å². The van der Waals surface area contributed by atoms with Crippen molar-refractivity contribution >= 4 is 22.6 Å². The predicted octanol–water partition coefficient (Wildman–Crippen LogP) is 1.54. The van der Waals surface area contributed by atoms with E-state index >= 15 is 4.39 Å². The van der Waals surface area contributed by atoms with Gasteiger partial charge in [0.05, 0.1) is 22.6 Å². The third-order valence-corrected chi connectivity index (χ3v) is 5.21. The van der Waals surface area contributed by atoms with E-state index in [1.807, 2.05) is 18.9 Å². The minimum absolute atomic E-state index is 0.0311. The molecule has 0 saturated carbocycles. The molecule has 0 spiro atoms. The Hall–Kier alpha value is -2.61. The largest absolute Gasteiger partial charge is 0.486 e. The maximum absolute atomic E-state index is 15.2. The van der Waals surface area contributed by atoms with Crippen LogP contribution in [0.4, 0.5) is 10.1 Å². The lowest BCUT2D eigenvalue weighted by Gasteiger charge is -2.35. The number of nitrogens with zero attached hydrogens (tertiary/aromatic N) is 3. The summed E-state index contributed by atoms with van der Waals surface area (Å²) in [6.07, 6.45) is 1.29. The summed E-state index contributed by atoms with van der Waals surface area (Å²) in [7, 11) is 2.00. The number of carboxylic acid groups (broad SMARTS) is 1. The van der Waals surface area contributed by atoms with Crippen LogP contribution in [0, 0.1) is 5.82 Å². The smallest absolute Gasteiger partial charge is 0.341 e. The van der Waals surface area contributed by atoms with Crippen LogP contribution in [0.2, 0.25) is 0 Å². The van der Waals surface area contributed by atoms with Crippen LogP contribution in [0.1, 0.15) is 23.3 Å². The van der Waals surface area contributed by atoms with Gasteiger partial charge >= 0.3 is 5.97 Å². The number of halogens is 1. The normalized spacial score (nSPS) is 20.3. The summed E-state index contributed by atoms with van der Waals surface area (Å²) in [5.41, 5.74) is -0.304. The minimum atomic E-state index is -1.29. The molecule has 1 fully saturated rings. The molecule has 2 aliphatic heterocycles. The van der Waals surface area contributed by atoms with Gasteiger partial charge in [0, 0.05) is 32.4 Å². The summed E-state index contributed by atoms with van der Waals surface area (Å²) < 4.78 is 22.5. The zero-order valence-electron chi connectivity index (χ0n) is 14.7. The molecule has 2 aromatic rings. The number of ether oxygens (including phenoxy) is 1. The summed E-state index contributed by atoms with van der Waals surface area (Å²) in [5, 5.41) is 9.57. The molecule has 0 bridgehead atoms. The van der Waals surface area contributed by atoms with Crippen LogP contribution < -0.4 is 15.1 Å². The summed E-state index contributed by atoms with van der Waals surface area (Å²) in [6, 6.07) is 1.28. The topological polar surface area (TPSA) is 75.0 Å². The van der Waals surface area contributed by atoms with E-state index in [4.69, 9.17) is 4.74 Å². The summed E-state index contributed by atoms with van der Waals surface area (Å²) in [6.45, 7) is 4.87. The fourth-order valence-corrected chi connectivity index (χ4v) is 3.64. The number of piperazine rings is 1. The second kappa shape index (κ2) is 5.98. The average Bonchev–Trinajstić information content (AvgIpc) is 2.61. The first kappa shape index (κ1) is 16.8. The Balaban J connectivity index is 2.00. The van der Waals surface area contributed by atoms with Gasteiger partial charge in [-0.15, -0.1) is 0 Å². The molecule has 4 rings (SSSR count). The fourth-order valence-electron chi connectivity index (χ4n) is 3.64. The predicted molar refractivity (Wildman–Crippen MR) is 95.0 cm³/mol. The van der Waals surface area contributed by atoms with Gasteiger partial charge in [-0.25, -0.2) is 9.18 Å². The lowest BCUT2D eigenvalue weighted by Crippen LogP contribution is -2.45. The van der Waals surface area contributed by atoms with Gasteiger partial charge in [0.25, 0.3) is 0 Å². The van der Waals surface area contributed by atoms with Crippen molar-refractivity contribution < 1.29 is 19.0 Å². The van der Waals surface area contributed by atoms with Crippen LogP contribution in [0.3, 0.4) is 0 Å². The highest BCUT2D eigenvalue weighted by Crippen LogP contribution is 2.39. The maximum Gasteiger partial charge on any atom is 0.341 e. The minimum Gasteiger partial charge on any atom is -0.486 e. The number of hydrogen-bond donors (Lipinski definition) is 1. The second-order valence-corrected chi connectivity index (χ2v) is 6.97. The molecular weight excluding hydrogens is 341 g/mol. The number of anilines is 1. The molecule has 1 atom stereocenters. The van der Waals surface area contributed by atoms with Crippen LogP contribution in [-0.4, -0.2) is 60.4 Å². The van der Waals surface area contributed by atoms with Gasteiger partial charge in [-0.1, -0.05) is 0 Å². The Morgan fingerprint density at radius 1 is 1.31 bits per heavy atom. The molecule has 3 heterocycles. The van der Waals surface area contributed by atoms with Crippen molar-refractivity contribution in [3.05, 3.63) is 33.9 Å². The molecule has 1 N–H and O–H groups in total. The molecule has 1 aromatic heterocycles. The molecule has 2 aliphatic rings. The first-order valence-corrected chi connectivity index (χ1v) is 8.59. The molecule has 7 nitrogen and oxygen atoms in total. The molecular formula is C18H20FN3O4. The quantitative estimate of drug-likeness (QED) is 0.875. The lowest BCUT2D eigenvalue weighted by atomic mass is 10.1. The van der Waals surface area contributed by atoms with E-state index in [-0.39, 0.29) is 29.3 Å². The number of carbonyl (C=O) groups is 1. The number of aromatic nitrogens is 1. The van der Waals surface area contributed by atoms with Crippen molar-refractivity contribution in [3.8, 4) is 5.75 Å². The Kier molecular flexibility index (Phi) is 3.87. The van der Waals surface area contributed by atoms with Gasteiger partial charge in [-0.3, -0.25) is 4.79 Å². The number of hydrogen-bond acceptors (Lipinski definition) is 5. The number of carboxylic acids is 1. The highest BCUT2D eigenvalue weighted by molar-refractivity contribution is 5.96. The van der Waals surface area contributed by atoms with E-state index in [9.17, 15) is 14.7 Å². The lowest BCUT2D eigenvalue weighted by molar-refractivity contribution is 0.0694. The van der Waals surface area contributed by atoms with Crippen molar-refractivity contribution in [2.45, 2.75) is 13.0 Å². The van der Waals surface area contributed by atoms with Gasteiger partial charge in [0.2, 0.25) is 5.43 Å². The zero-order valence-corrected chi connectivity index (χ0v) is 14.7. The van der Waals surface area contributed by atoms with E-state index in [2.05, 4.69) is 4.90 Å². The van der Waals surface area contributed by atoms with Crippen molar-refractivity contribution in [1.82, 2.24) is 9.47 Å². The Morgan fingerprint density at radius 2 is 2.00 bits per heavy atom. The van der Waals surface area contributed by atoms with Crippen LogP contribution >= 0.6 is 0 Å².